The molecule has 3 rings (SSSR count). The monoisotopic (exact) mass is 303 g/mol. The van der Waals surface area contributed by atoms with Crippen LogP contribution < -0.4 is 15.7 Å². The van der Waals surface area contributed by atoms with Crippen molar-refractivity contribution in [3.05, 3.63) is 45.2 Å². The van der Waals surface area contributed by atoms with Crippen LogP contribution in [-0.4, -0.2) is 38.2 Å². The van der Waals surface area contributed by atoms with E-state index in [0.717, 1.165) is 11.3 Å². The quantitative estimate of drug-likeness (QED) is 0.753. The fourth-order valence-electron chi connectivity index (χ4n) is 2.60. The minimum Gasteiger partial charge on any atom is -0.733 e. The first-order chi connectivity index (χ1) is 10.6. The van der Waals surface area contributed by atoms with Crippen LogP contribution in [0, 0.1) is 12.1 Å². The van der Waals surface area contributed by atoms with Gasteiger partial charge < -0.3 is 20.3 Å². The molecule has 0 saturated carbocycles. The van der Waals surface area contributed by atoms with Crippen LogP contribution in [0.5, 0.6) is 0 Å². The molecule has 2 aromatic rings. The van der Waals surface area contributed by atoms with Gasteiger partial charge in [-0.05, 0) is 18.9 Å². The summed E-state index contributed by atoms with van der Waals surface area (Å²) in [6.07, 6.45) is 4.60. The van der Waals surface area contributed by atoms with Crippen LogP contribution in [-0.2, 0) is 12.8 Å². The number of aryl methyl sites for hydroxylation is 1. The molecule has 0 aliphatic carbocycles. The number of fused-ring (bicyclic) bond motifs is 1. The van der Waals surface area contributed by atoms with Crippen molar-refractivity contribution in [1.29, 1.82) is 0 Å². The van der Waals surface area contributed by atoms with E-state index < -0.39 is 16.5 Å². The van der Waals surface area contributed by atoms with E-state index in [9.17, 15) is 15.2 Å². The molecule has 3 heterocycles. The van der Waals surface area contributed by atoms with E-state index in [-0.39, 0.29) is 5.82 Å². The molecule has 0 aromatic carbocycles. The lowest BCUT2D eigenvalue weighted by molar-refractivity contribution is 0.295. The van der Waals surface area contributed by atoms with E-state index in [0.29, 0.717) is 31.8 Å². The summed E-state index contributed by atoms with van der Waals surface area (Å²) in [5.74, 6) is 0.562. The summed E-state index contributed by atoms with van der Waals surface area (Å²) in [7, 11) is 0. The number of rotatable bonds is 2. The van der Waals surface area contributed by atoms with E-state index in [4.69, 9.17) is 0 Å². The summed E-state index contributed by atoms with van der Waals surface area (Å²) in [6, 6.07) is 0. The topological polar surface area (TPSA) is 121 Å². The number of nitrogens with zero attached hydrogens (tertiary/aromatic N) is 5. The van der Waals surface area contributed by atoms with Crippen LogP contribution in [0.15, 0.2) is 17.3 Å². The maximum Gasteiger partial charge on any atom is 0.278 e. The second-order valence-electron chi connectivity index (χ2n) is 5.08. The van der Waals surface area contributed by atoms with Gasteiger partial charge in [0, 0.05) is 31.4 Å². The van der Waals surface area contributed by atoms with Crippen molar-refractivity contribution in [2.75, 3.05) is 23.2 Å². The molecule has 22 heavy (non-hydrogen) atoms. The first kappa shape index (κ1) is 14.4. The molecule has 0 bridgehead atoms. The summed E-state index contributed by atoms with van der Waals surface area (Å²) >= 11 is 0. The first-order valence-corrected chi connectivity index (χ1v) is 6.86. The maximum atomic E-state index is 11.9. The molecule has 0 amide bonds. The van der Waals surface area contributed by atoms with Crippen LogP contribution in [0.25, 0.3) is 0 Å². The average molecular weight is 303 g/mol. The Morgan fingerprint density at radius 3 is 2.95 bits per heavy atom. The fourth-order valence-corrected chi connectivity index (χ4v) is 2.60. The number of anilines is 2. The fraction of sp³-hybridized carbons (Fsp3) is 0.385. The van der Waals surface area contributed by atoms with Crippen molar-refractivity contribution >= 4 is 11.5 Å². The van der Waals surface area contributed by atoms with Gasteiger partial charge in [-0.15, -0.1) is 0 Å². The molecule has 0 atom stereocenters. The summed E-state index contributed by atoms with van der Waals surface area (Å²) in [5.41, 5.74) is 0.920. The molecule has 0 fully saturated rings. The molecule has 1 aliphatic heterocycles. The van der Waals surface area contributed by atoms with Gasteiger partial charge >= 0.3 is 0 Å². The Hall–Kier alpha value is -2.52. The maximum absolute atomic E-state index is 11.9. The highest BCUT2D eigenvalue weighted by molar-refractivity contribution is 5.65. The van der Waals surface area contributed by atoms with Crippen LogP contribution >= 0.6 is 0 Å². The number of hydrogen-bond donors (Lipinski definition) is 2. The first-order valence-electron chi connectivity index (χ1n) is 6.86. The molecule has 0 radical (unpaired) electrons. The van der Waals surface area contributed by atoms with Crippen LogP contribution in [0.2, 0.25) is 0 Å². The second-order valence-corrected chi connectivity index (χ2v) is 5.08. The predicted molar refractivity (Wildman–Crippen MR) is 78.9 cm³/mol. The SMILES string of the molecule is Cc1nc(N2CCc3cncnc3CC2)c(N([O-])O)c(=O)[nH]1. The molecular formula is C13H15N6O3-. The van der Waals surface area contributed by atoms with E-state index in [1.807, 2.05) is 0 Å². The smallest absolute Gasteiger partial charge is 0.278 e. The Bertz CT molecular complexity index is 718. The van der Waals surface area contributed by atoms with Gasteiger partial charge in [0.1, 0.15) is 12.2 Å². The summed E-state index contributed by atoms with van der Waals surface area (Å²) in [5, 5.41) is 20.1. The van der Waals surface area contributed by atoms with E-state index >= 15 is 0 Å². The van der Waals surface area contributed by atoms with Crippen molar-refractivity contribution in [2.45, 2.75) is 19.8 Å². The highest BCUT2D eigenvalue weighted by atomic mass is 16.8. The lowest BCUT2D eigenvalue weighted by Crippen LogP contribution is -2.32. The zero-order valence-corrected chi connectivity index (χ0v) is 12.0. The van der Waals surface area contributed by atoms with Crippen molar-refractivity contribution in [1.82, 2.24) is 19.9 Å². The summed E-state index contributed by atoms with van der Waals surface area (Å²) in [4.78, 5) is 28.6. The van der Waals surface area contributed by atoms with Gasteiger partial charge in [0.15, 0.2) is 11.5 Å². The predicted octanol–water partition coefficient (Wildman–Crippen LogP) is 0.167. The average Bonchev–Trinajstić information content (AvgIpc) is 2.68. The van der Waals surface area contributed by atoms with Gasteiger partial charge in [0.05, 0.1) is 0 Å². The Balaban J connectivity index is 1.98. The van der Waals surface area contributed by atoms with Crippen LogP contribution in [0.1, 0.15) is 17.1 Å². The van der Waals surface area contributed by atoms with Gasteiger partial charge in [-0.1, -0.05) is 0 Å². The van der Waals surface area contributed by atoms with Crippen molar-refractivity contribution in [3.63, 3.8) is 0 Å². The van der Waals surface area contributed by atoms with Gasteiger partial charge in [0.2, 0.25) is 0 Å². The van der Waals surface area contributed by atoms with Crippen molar-refractivity contribution in [3.8, 4) is 0 Å². The molecule has 1 aliphatic rings. The molecule has 9 nitrogen and oxygen atoms in total. The molecule has 0 saturated heterocycles. The molecule has 2 N–H and O–H groups in total. The molecular weight excluding hydrogens is 288 g/mol. The van der Waals surface area contributed by atoms with Crippen LogP contribution in [0.3, 0.4) is 0 Å². The van der Waals surface area contributed by atoms with E-state index in [1.54, 1.807) is 18.0 Å². The van der Waals surface area contributed by atoms with Gasteiger partial charge in [-0.25, -0.2) is 15.0 Å². The standard InChI is InChI=1S/C13H15N6O3/c1-8-16-12(11(19(21)22)13(20)17-8)18-4-2-9-6-14-7-15-10(9)3-5-18/h6-7,21H,2-5H2,1H3,(H,16,17,20)/q-1. The number of nitrogens with one attached hydrogen (secondary N) is 1. The number of H-pyrrole nitrogens is 1. The van der Waals surface area contributed by atoms with Crippen molar-refractivity contribution < 1.29 is 5.21 Å². The largest absolute Gasteiger partial charge is 0.733 e. The second kappa shape index (κ2) is 5.70. The molecule has 9 heteroatoms. The Morgan fingerprint density at radius 1 is 1.41 bits per heavy atom. The highest BCUT2D eigenvalue weighted by Crippen LogP contribution is 2.24. The van der Waals surface area contributed by atoms with E-state index in [1.165, 1.54) is 6.33 Å². The van der Waals surface area contributed by atoms with Gasteiger partial charge in [-0.3, -0.25) is 10.0 Å². The third-order valence-electron chi connectivity index (χ3n) is 3.64. The van der Waals surface area contributed by atoms with E-state index in [2.05, 4.69) is 19.9 Å². The summed E-state index contributed by atoms with van der Waals surface area (Å²) in [6.45, 7) is 2.72. The zero-order chi connectivity index (χ0) is 15.7. The zero-order valence-electron chi connectivity index (χ0n) is 12.0. The third kappa shape index (κ3) is 2.63. The van der Waals surface area contributed by atoms with Gasteiger partial charge in [0.25, 0.3) is 5.56 Å². The lowest BCUT2D eigenvalue weighted by atomic mass is 10.1. The Morgan fingerprint density at radius 2 is 2.18 bits per heavy atom. The molecule has 2 aromatic heterocycles. The van der Waals surface area contributed by atoms with Gasteiger partial charge in [-0.2, -0.15) is 0 Å². The Labute approximate surface area is 125 Å². The Kier molecular flexibility index (Phi) is 3.73. The lowest BCUT2D eigenvalue weighted by Gasteiger charge is -2.29. The normalized spacial score (nSPS) is 14.4. The van der Waals surface area contributed by atoms with Crippen molar-refractivity contribution in [2.24, 2.45) is 0 Å². The highest BCUT2D eigenvalue weighted by Gasteiger charge is 2.21. The minimum atomic E-state index is -0.665. The minimum absolute atomic E-state index is 0.180. The number of hydrogen-bond acceptors (Lipinski definition) is 8. The summed E-state index contributed by atoms with van der Waals surface area (Å²) < 4.78 is 0. The number of aromatic nitrogens is 4. The third-order valence-corrected chi connectivity index (χ3v) is 3.64. The van der Waals surface area contributed by atoms with Crippen LogP contribution in [0.4, 0.5) is 11.5 Å². The molecule has 116 valence electrons. The molecule has 0 spiro atoms. The molecule has 0 unspecified atom stereocenters. The number of aromatic amines is 1.